The Labute approximate surface area is 185 Å². The van der Waals surface area contributed by atoms with Gasteiger partial charge in [-0.3, -0.25) is 4.79 Å². The van der Waals surface area contributed by atoms with Crippen molar-refractivity contribution in [3.8, 4) is 5.75 Å². The van der Waals surface area contributed by atoms with Crippen LogP contribution in [0.15, 0.2) is 47.4 Å². The summed E-state index contributed by atoms with van der Waals surface area (Å²) in [5.41, 5.74) is 2.47. The van der Waals surface area contributed by atoms with Crippen LogP contribution in [0.25, 0.3) is 0 Å². The van der Waals surface area contributed by atoms with Crippen LogP contribution in [-0.4, -0.2) is 37.8 Å². The maximum atomic E-state index is 13.0. The summed E-state index contributed by atoms with van der Waals surface area (Å²) in [5.74, 6) is 0.412. The topological polar surface area (TPSA) is 75.7 Å². The summed E-state index contributed by atoms with van der Waals surface area (Å²) < 4.78 is 33.3. The third-order valence-electron chi connectivity index (χ3n) is 5.96. The smallest absolute Gasteiger partial charge is 0.265 e. The number of anilines is 1. The van der Waals surface area contributed by atoms with Crippen LogP contribution < -0.4 is 10.1 Å². The molecule has 0 radical (unpaired) electrons. The van der Waals surface area contributed by atoms with E-state index in [1.54, 1.807) is 38.2 Å². The molecule has 1 amide bonds. The van der Waals surface area contributed by atoms with Gasteiger partial charge in [0.2, 0.25) is 10.0 Å². The van der Waals surface area contributed by atoms with Gasteiger partial charge in [-0.1, -0.05) is 37.5 Å². The van der Waals surface area contributed by atoms with Gasteiger partial charge in [0.05, 0.1) is 4.90 Å². The van der Waals surface area contributed by atoms with Gasteiger partial charge in [0, 0.05) is 18.8 Å². The van der Waals surface area contributed by atoms with Crippen molar-refractivity contribution >= 4 is 21.6 Å². The van der Waals surface area contributed by atoms with Crippen LogP contribution in [-0.2, 0) is 14.8 Å². The molecule has 0 aliphatic heterocycles. The second-order valence-corrected chi connectivity index (χ2v) is 10.3. The van der Waals surface area contributed by atoms with E-state index < -0.39 is 16.1 Å². The van der Waals surface area contributed by atoms with Crippen LogP contribution in [0.4, 0.5) is 5.69 Å². The van der Waals surface area contributed by atoms with Gasteiger partial charge in [-0.05, 0) is 69.0 Å². The lowest BCUT2D eigenvalue weighted by atomic mass is 9.96. The largest absolute Gasteiger partial charge is 0.480 e. The molecule has 1 aliphatic carbocycles. The molecule has 0 spiro atoms. The Hall–Kier alpha value is -2.38. The quantitative estimate of drug-likeness (QED) is 0.674. The number of hydrogen-bond acceptors (Lipinski definition) is 4. The minimum atomic E-state index is -3.55. The van der Waals surface area contributed by atoms with E-state index >= 15 is 0 Å². The van der Waals surface area contributed by atoms with Gasteiger partial charge in [0.15, 0.2) is 6.10 Å². The van der Waals surface area contributed by atoms with E-state index in [2.05, 4.69) is 5.32 Å². The summed E-state index contributed by atoms with van der Waals surface area (Å²) in [5, 5.41) is 2.80. The number of para-hydroxylation sites is 1. The molecule has 0 saturated heterocycles. The molecule has 0 bridgehead atoms. The zero-order valence-electron chi connectivity index (χ0n) is 18.7. The molecular weight excluding hydrogens is 412 g/mol. The Morgan fingerprint density at radius 1 is 1.03 bits per heavy atom. The van der Waals surface area contributed by atoms with E-state index in [0.717, 1.165) is 36.8 Å². The number of sulfonamides is 1. The molecule has 1 aliphatic rings. The molecule has 2 aromatic carbocycles. The Morgan fingerprint density at radius 2 is 1.61 bits per heavy atom. The van der Waals surface area contributed by atoms with Gasteiger partial charge < -0.3 is 10.1 Å². The van der Waals surface area contributed by atoms with Crippen LogP contribution in [0.3, 0.4) is 0 Å². The lowest BCUT2D eigenvalue weighted by molar-refractivity contribution is -0.122. The first-order chi connectivity index (χ1) is 14.7. The van der Waals surface area contributed by atoms with Crippen molar-refractivity contribution in [2.24, 2.45) is 0 Å². The average Bonchev–Trinajstić information content (AvgIpc) is 2.76. The molecular formula is C24H32N2O4S. The number of benzene rings is 2. The highest BCUT2D eigenvalue weighted by Gasteiger charge is 2.29. The highest BCUT2D eigenvalue weighted by atomic mass is 32.2. The first kappa shape index (κ1) is 23.3. The van der Waals surface area contributed by atoms with Gasteiger partial charge >= 0.3 is 0 Å². The third-order valence-corrected chi connectivity index (χ3v) is 7.88. The minimum Gasteiger partial charge on any atom is -0.480 e. The number of carbonyl (C=O) groups excluding carboxylic acids is 1. The van der Waals surface area contributed by atoms with Crippen LogP contribution >= 0.6 is 0 Å². The molecule has 168 valence electrons. The number of hydrogen-bond donors (Lipinski definition) is 1. The van der Waals surface area contributed by atoms with Crippen LogP contribution in [0, 0.1) is 13.8 Å². The molecule has 1 N–H and O–H groups in total. The number of aryl methyl sites for hydroxylation is 2. The Balaban J connectivity index is 1.65. The minimum absolute atomic E-state index is 0.0565. The number of rotatable bonds is 7. The van der Waals surface area contributed by atoms with Crippen molar-refractivity contribution in [3.05, 3.63) is 53.6 Å². The molecule has 3 rings (SSSR count). The first-order valence-corrected chi connectivity index (χ1v) is 12.3. The van der Waals surface area contributed by atoms with E-state index in [4.69, 9.17) is 4.74 Å². The van der Waals surface area contributed by atoms with Crippen molar-refractivity contribution in [2.45, 2.75) is 69.9 Å². The van der Waals surface area contributed by atoms with Gasteiger partial charge in [0.1, 0.15) is 5.75 Å². The monoisotopic (exact) mass is 444 g/mol. The number of nitrogens with zero attached hydrogens (tertiary/aromatic N) is 1. The Bertz CT molecular complexity index is 992. The van der Waals surface area contributed by atoms with E-state index in [9.17, 15) is 13.2 Å². The molecule has 1 saturated carbocycles. The molecule has 1 atom stereocenters. The van der Waals surface area contributed by atoms with Crippen molar-refractivity contribution in [1.29, 1.82) is 0 Å². The highest BCUT2D eigenvalue weighted by molar-refractivity contribution is 7.89. The van der Waals surface area contributed by atoms with Gasteiger partial charge in [-0.15, -0.1) is 0 Å². The molecule has 1 unspecified atom stereocenters. The first-order valence-electron chi connectivity index (χ1n) is 10.8. The molecule has 0 heterocycles. The van der Waals surface area contributed by atoms with E-state index in [0.29, 0.717) is 11.4 Å². The fourth-order valence-corrected chi connectivity index (χ4v) is 5.39. The van der Waals surface area contributed by atoms with Crippen LogP contribution in [0.1, 0.15) is 50.2 Å². The maximum Gasteiger partial charge on any atom is 0.265 e. The number of amides is 1. The van der Waals surface area contributed by atoms with Crippen LogP contribution in [0.2, 0.25) is 0 Å². The summed E-state index contributed by atoms with van der Waals surface area (Å²) in [6, 6.07) is 12.2. The van der Waals surface area contributed by atoms with Crippen molar-refractivity contribution in [1.82, 2.24) is 4.31 Å². The summed E-state index contributed by atoms with van der Waals surface area (Å²) >= 11 is 0. The van der Waals surface area contributed by atoms with Gasteiger partial charge in [-0.25, -0.2) is 8.42 Å². The second-order valence-electron chi connectivity index (χ2n) is 8.31. The Morgan fingerprint density at radius 3 is 2.19 bits per heavy atom. The second kappa shape index (κ2) is 9.83. The van der Waals surface area contributed by atoms with Gasteiger partial charge in [0.25, 0.3) is 5.91 Å². The van der Waals surface area contributed by atoms with Gasteiger partial charge in [-0.2, -0.15) is 4.31 Å². The average molecular weight is 445 g/mol. The Kier molecular flexibility index (Phi) is 7.38. The standard InChI is InChI=1S/C24H32N2O4S/c1-17-9-8-10-18(2)23(17)30-19(3)24(27)25-20-13-15-22(16-14-20)31(28,29)26(4)21-11-6-5-7-12-21/h8-10,13-16,19,21H,5-7,11-12H2,1-4H3,(H,25,27). The summed E-state index contributed by atoms with van der Waals surface area (Å²) in [7, 11) is -1.89. The molecule has 7 heteroatoms. The summed E-state index contributed by atoms with van der Waals surface area (Å²) in [6.45, 7) is 5.58. The predicted octanol–water partition coefficient (Wildman–Crippen LogP) is 4.66. The number of nitrogens with one attached hydrogen (secondary N) is 1. The third kappa shape index (κ3) is 5.46. The summed E-state index contributed by atoms with van der Waals surface area (Å²) in [6.07, 6.45) is 4.42. The zero-order valence-corrected chi connectivity index (χ0v) is 19.5. The fraction of sp³-hybridized carbons (Fsp3) is 0.458. The molecule has 1 fully saturated rings. The van der Waals surface area contributed by atoms with E-state index in [-0.39, 0.29) is 16.8 Å². The molecule has 0 aromatic heterocycles. The van der Waals surface area contributed by atoms with Crippen molar-refractivity contribution < 1.29 is 17.9 Å². The predicted molar refractivity (Wildman–Crippen MR) is 123 cm³/mol. The van der Waals surface area contributed by atoms with Crippen molar-refractivity contribution in [2.75, 3.05) is 12.4 Å². The van der Waals surface area contributed by atoms with Crippen LogP contribution in [0.5, 0.6) is 5.75 Å². The number of carbonyl (C=O) groups is 1. The lowest BCUT2D eigenvalue weighted by Crippen LogP contribution is -2.38. The molecule has 6 nitrogen and oxygen atoms in total. The van der Waals surface area contributed by atoms with Crippen molar-refractivity contribution in [3.63, 3.8) is 0 Å². The zero-order chi connectivity index (χ0) is 22.6. The van der Waals surface area contributed by atoms with E-state index in [1.165, 1.54) is 10.7 Å². The summed E-state index contributed by atoms with van der Waals surface area (Å²) in [4.78, 5) is 12.8. The molecule has 31 heavy (non-hydrogen) atoms. The molecule has 2 aromatic rings. The SMILES string of the molecule is Cc1cccc(C)c1OC(C)C(=O)Nc1ccc(S(=O)(=O)N(C)C2CCCCC2)cc1. The maximum absolute atomic E-state index is 13.0. The normalized spacial score (nSPS) is 16.2. The lowest BCUT2D eigenvalue weighted by Gasteiger charge is -2.30. The fourth-order valence-electron chi connectivity index (χ4n) is 3.98. The van der Waals surface area contributed by atoms with E-state index in [1.807, 2.05) is 32.0 Å². The number of ether oxygens (including phenoxy) is 1. The highest BCUT2D eigenvalue weighted by Crippen LogP contribution is 2.27.